The zero-order chi connectivity index (χ0) is 15.6. The van der Waals surface area contributed by atoms with Gasteiger partial charge in [0, 0.05) is 16.9 Å². The average Bonchev–Trinajstić information content (AvgIpc) is 2.26. The Morgan fingerprint density at radius 1 is 1.35 bits per heavy atom. The molecule has 0 spiro atoms. The molecular formula is C14H20FNO3S. The molecule has 0 amide bonds. The summed E-state index contributed by atoms with van der Waals surface area (Å²) in [7, 11) is 0. The zero-order valence-corrected chi connectivity index (χ0v) is 12.9. The van der Waals surface area contributed by atoms with Gasteiger partial charge in [-0.05, 0) is 33.8 Å². The van der Waals surface area contributed by atoms with Crippen LogP contribution in [0.25, 0.3) is 0 Å². The topological polar surface area (TPSA) is 72.4 Å². The van der Waals surface area contributed by atoms with Crippen LogP contribution in [0.15, 0.2) is 24.3 Å². The summed E-state index contributed by atoms with van der Waals surface area (Å²) in [6.07, 6.45) is -0.365. The van der Waals surface area contributed by atoms with Gasteiger partial charge < -0.3 is 9.66 Å². The van der Waals surface area contributed by atoms with E-state index in [0.717, 1.165) is 0 Å². The van der Waals surface area contributed by atoms with E-state index < -0.39 is 33.4 Å². The van der Waals surface area contributed by atoms with Gasteiger partial charge in [-0.15, -0.1) is 4.72 Å². The molecule has 0 aliphatic carbocycles. The Morgan fingerprint density at radius 3 is 2.35 bits per heavy atom. The fourth-order valence-electron chi connectivity index (χ4n) is 1.76. The maximum absolute atomic E-state index is 14.0. The molecule has 0 heterocycles. The van der Waals surface area contributed by atoms with Crippen LogP contribution in [0.5, 0.6) is 0 Å². The van der Waals surface area contributed by atoms with Crippen molar-refractivity contribution in [2.75, 3.05) is 0 Å². The first-order chi connectivity index (χ1) is 9.06. The van der Waals surface area contributed by atoms with Gasteiger partial charge in [-0.3, -0.25) is 4.79 Å². The van der Waals surface area contributed by atoms with Crippen molar-refractivity contribution in [2.24, 2.45) is 0 Å². The fraction of sp³-hybridized carbons (Fsp3) is 0.500. The van der Waals surface area contributed by atoms with Crippen LogP contribution in [0.1, 0.15) is 39.7 Å². The predicted octanol–water partition coefficient (Wildman–Crippen LogP) is 2.57. The second-order valence-corrected chi connectivity index (χ2v) is 7.83. The lowest BCUT2D eigenvalue weighted by atomic mass is 9.89. The van der Waals surface area contributed by atoms with E-state index in [1.807, 2.05) is 0 Å². The lowest BCUT2D eigenvalue weighted by Gasteiger charge is -2.34. The van der Waals surface area contributed by atoms with E-state index >= 15 is 0 Å². The second kappa shape index (κ2) is 6.11. The fourth-order valence-corrected chi connectivity index (χ4v) is 2.65. The summed E-state index contributed by atoms with van der Waals surface area (Å²) in [5.41, 5.74) is -1.05. The molecule has 0 unspecified atom stereocenters. The van der Waals surface area contributed by atoms with E-state index in [2.05, 4.69) is 4.72 Å². The highest BCUT2D eigenvalue weighted by atomic mass is 32.2. The van der Waals surface area contributed by atoms with Gasteiger partial charge in [0.15, 0.2) is 0 Å². The maximum atomic E-state index is 14.0. The standard InChI is InChI=1S/C14H20FNO3S/c1-13(2,3)20(19)16-14(4,9-12(17)18)10-7-5-6-8-11(10)15/h5-8,16H,9H2,1-4H3,(H,17,18)/t14-,20+/m0/s1. The number of carboxylic acid groups (broad SMARTS) is 1. The molecule has 0 fully saturated rings. The van der Waals surface area contributed by atoms with Crippen molar-refractivity contribution in [3.8, 4) is 0 Å². The summed E-state index contributed by atoms with van der Waals surface area (Å²) >= 11 is -1.51. The van der Waals surface area contributed by atoms with Crippen molar-refractivity contribution in [2.45, 2.75) is 44.4 Å². The molecule has 0 radical (unpaired) electrons. The van der Waals surface area contributed by atoms with E-state index in [1.54, 1.807) is 33.8 Å². The summed E-state index contributed by atoms with van der Waals surface area (Å²) < 4.78 is 28.4. The number of benzene rings is 1. The molecule has 0 aliphatic rings. The highest BCUT2D eigenvalue weighted by molar-refractivity contribution is 7.90. The zero-order valence-electron chi connectivity index (χ0n) is 12.1. The van der Waals surface area contributed by atoms with Crippen molar-refractivity contribution < 1.29 is 18.8 Å². The third-order valence-corrected chi connectivity index (χ3v) is 4.60. The number of rotatable bonds is 5. The number of aliphatic carboxylic acids is 1. The molecule has 4 nitrogen and oxygen atoms in total. The van der Waals surface area contributed by atoms with Crippen molar-refractivity contribution >= 4 is 17.3 Å². The first kappa shape index (κ1) is 16.9. The highest BCUT2D eigenvalue weighted by Gasteiger charge is 2.40. The van der Waals surface area contributed by atoms with Crippen molar-refractivity contribution in [3.63, 3.8) is 0 Å². The second-order valence-electron chi connectivity index (χ2n) is 5.87. The van der Waals surface area contributed by atoms with E-state index in [0.29, 0.717) is 0 Å². The van der Waals surface area contributed by atoms with Gasteiger partial charge in [-0.25, -0.2) is 4.39 Å². The van der Waals surface area contributed by atoms with Crippen LogP contribution >= 0.6 is 0 Å². The van der Waals surface area contributed by atoms with Crippen LogP contribution in [0.3, 0.4) is 0 Å². The molecule has 0 saturated carbocycles. The SMILES string of the molecule is CC(C)(C)[S@@+]([O-])N[C@@](C)(CC(=O)O)c1ccccc1F. The van der Waals surface area contributed by atoms with Crippen molar-refractivity contribution in [3.05, 3.63) is 35.6 Å². The Balaban J connectivity index is 3.17. The number of hydrogen-bond acceptors (Lipinski definition) is 3. The lowest BCUT2D eigenvalue weighted by molar-refractivity contribution is -0.138. The minimum atomic E-state index is -1.51. The third-order valence-electron chi connectivity index (χ3n) is 2.85. The van der Waals surface area contributed by atoms with Crippen molar-refractivity contribution in [1.29, 1.82) is 0 Å². The average molecular weight is 301 g/mol. The normalized spacial score (nSPS) is 16.5. The quantitative estimate of drug-likeness (QED) is 0.820. The molecule has 1 aromatic carbocycles. The van der Waals surface area contributed by atoms with Crippen molar-refractivity contribution in [1.82, 2.24) is 4.72 Å². The highest BCUT2D eigenvalue weighted by Crippen LogP contribution is 2.30. The third kappa shape index (κ3) is 4.19. The Bertz CT molecular complexity index is 490. The van der Waals surface area contributed by atoms with Gasteiger partial charge in [-0.1, -0.05) is 18.2 Å². The van der Waals surface area contributed by atoms with Gasteiger partial charge >= 0.3 is 5.97 Å². The minimum Gasteiger partial charge on any atom is -0.598 e. The lowest BCUT2D eigenvalue weighted by Crippen LogP contribution is -2.51. The number of halogens is 1. The van der Waals surface area contributed by atoms with Crippen LogP contribution < -0.4 is 4.72 Å². The summed E-state index contributed by atoms with van der Waals surface area (Å²) in [6, 6.07) is 5.92. The Morgan fingerprint density at radius 2 is 1.90 bits per heavy atom. The van der Waals surface area contributed by atoms with E-state index in [1.165, 1.54) is 18.2 Å². The number of nitrogens with one attached hydrogen (secondary N) is 1. The number of hydrogen-bond donors (Lipinski definition) is 2. The van der Waals surface area contributed by atoms with Crippen LogP contribution in [0.2, 0.25) is 0 Å². The molecule has 0 aliphatic heterocycles. The summed E-state index contributed by atoms with van der Waals surface area (Å²) in [5, 5.41) is 9.06. The van der Waals surface area contributed by atoms with Crippen LogP contribution in [0, 0.1) is 5.82 Å². The maximum Gasteiger partial charge on any atom is 0.305 e. The van der Waals surface area contributed by atoms with Crippen LogP contribution in [-0.2, 0) is 21.7 Å². The molecule has 1 rings (SSSR count). The monoisotopic (exact) mass is 301 g/mol. The van der Waals surface area contributed by atoms with E-state index in [-0.39, 0.29) is 12.0 Å². The van der Waals surface area contributed by atoms with Gasteiger partial charge in [0.05, 0.1) is 12.0 Å². The number of carbonyl (C=O) groups is 1. The molecule has 112 valence electrons. The molecule has 6 heteroatoms. The Hall–Kier alpha value is -1.11. The smallest absolute Gasteiger partial charge is 0.305 e. The molecule has 20 heavy (non-hydrogen) atoms. The van der Waals surface area contributed by atoms with Gasteiger partial charge in [0.1, 0.15) is 10.6 Å². The molecule has 0 aromatic heterocycles. The first-order valence-electron chi connectivity index (χ1n) is 6.23. The van der Waals surface area contributed by atoms with E-state index in [4.69, 9.17) is 5.11 Å². The largest absolute Gasteiger partial charge is 0.598 e. The molecule has 2 N–H and O–H groups in total. The summed E-state index contributed by atoms with van der Waals surface area (Å²) in [4.78, 5) is 11.1. The van der Waals surface area contributed by atoms with Crippen LogP contribution in [-0.4, -0.2) is 20.4 Å². The molecule has 0 saturated heterocycles. The Kier molecular flexibility index (Phi) is 5.18. The summed E-state index contributed by atoms with van der Waals surface area (Å²) in [6.45, 7) is 6.83. The van der Waals surface area contributed by atoms with Gasteiger partial charge in [-0.2, -0.15) is 0 Å². The van der Waals surface area contributed by atoms with Gasteiger partial charge in [0.25, 0.3) is 0 Å². The molecule has 2 atom stereocenters. The van der Waals surface area contributed by atoms with Crippen LogP contribution in [0.4, 0.5) is 4.39 Å². The number of carboxylic acids is 1. The van der Waals surface area contributed by atoms with Gasteiger partial charge in [0.2, 0.25) is 0 Å². The first-order valence-corrected chi connectivity index (χ1v) is 7.38. The summed E-state index contributed by atoms with van der Waals surface area (Å²) in [5.74, 6) is -1.61. The minimum absolute atomic E-state index is 0.194. The van der Waals surface area contributed by atoms with E-state index in [9.17, 15) is 13.7 Å². The molecule has 0 bridgehead atoms. The predicted molar refractivity (Wildman–Crippen MR) is 77.0 cm³/mol. The Labute approximate surface area is 121 Å². The molecule has 1 aromatic rings. The molecular weight excluding hydrogens is 281 g/mol.